The number of aromatic nitrogens is 1. The largest absolute Gasteiger partial charge is 0.348 e. The molecule has 2 heterocycles. The zero-order valence-electron chi connectivity index (χ0n) is 20.5. The third kappa shape index (κ3) is 4.87. The van der Waals surface area contributed by atoms with Gasteiger partial charge in [0.25, 0.3) is 0 Å². The van der Waals surface area contributed by atoms with Gasteiger partial charge in [-0.25, -0.2) is 13.4 Å². The van der Waals surface area contributed by atoms with Gasteiger partial charge in [0.1, 0.15) is 0 Å². The predicted octanol–water partition coefficient (Wildman–Crippen LogP) is 6.03. The fourth-order valence-electron chi connectivity index (χ4n) is 5.33. The van der Waals surface area contributed by atoms with Gasteiger partial charge in [-0.15, -0.1) is 11.3 Å². The Labute approximate surface area is 202 Å². The van der Waals surface area contributed by atoms with Gasteiger partial charge in [0, 0.05) is 24.9 Å². The van der Waals surface area contributed by atoms with Crippen LogP contribution in [-0.4, -0.2) is 31.7 Å². The van der Waals surface area contributed by atoms with Gasteiger partial charge in [-0.05, 0) is 82.2 Å². The van der Waals surface area contributed by atoms with Gasteiger partial charge < -0.3 is 4.90 Å². The first kappa shape index (κ1) is 24.0. The number of aryl methyl sites for hydroxylation is 6. The molecular formula is C27H34N2O2S2. The van der Waals surface area contributed by atoms with Gasteiger partial charge in [-0.1, -0.05) is 35.4 Å². The Morgan fingerprint density at radius 1 is 0.879 bits per heavy atom. The van der Waals surface area contributed by atoms with Crippen molar-refractivity contribution in [2.75, 3.05) is 18.0 Å². The molecule has 176 valence electrons. The van der Waals surface area contributed by atoms with Crippen molar-refractivity contribution in [1.29, 1.82) is 0 Å². The zero-order valence-corrected chi connectivity index (χ0v) is 22.2. The van der Waals surface area contributed by atoms with E-state index in [4.69, 9.17) is 4.98 Å². The van der Waals surface area contributed by atoms with E-state index < -0.39 is 9.84 Å². The molecule has 4 rings (SSSR count). The van der Waals surface area contributed by atoms with E-state index in [0.717, 1.165) is 47.0 Å². The quantitative estimate of drug-likeness (QED) is 0.446. The van der Waals surface area contributed by atoms with Gasteiger partial charge >= 0.3 is 0 Å². The van der Waals surface area contributed by atoms with Gasteiger partial charge in [0.15, 0.2) is 15.0 Å². The van der Waals surface area contributed by atoms with E-state index in [-0.39, 0.29) is 5.25 Å². The van der Waals surface area contributed by atoms with E-state index in [0.29, 0.717) is 17.7 Å². The highest BCUT2D eigenvalue weighted by Crippen LogP contribution is 2.32. The van der Waals surface area contributed by atoms with Crippen LogP contribution in [0.25, 0.3) is 0 Å². The van der Waals surface area contributed by atoms with E-state index in [2.05, 4.69) is 43.2 Å². The summed E-state index contributed by atoms with van der Waals surface area (Å²) in [7, 11) is -3.34. The third-order valence-electron chi connectivity index (χ3n) is 6.78. The molecule has 0 N–H and O–H groups in total. The Balaban J connectivity index is 1.46. The minimum absolute atomic E-state index is 0.328. The van der Waals surface area contributed by atoms with Crippen LogP contribution in [0.3, 0.4) is 0 Å². The molecule has 1 aromatic heterocycles. The Morgan fingerprint density at radius 3 is 1.94 bits per heavy atom. The van der Waals surface area contributed by atoms with Crippen LogP contribution in [0.4, 0.5) is 5.13 Å². The number of piperidine rings is 1. The lowest BCUT2D eigenvalue weighted by Gasteiger charge is -2.32. The average Bonchev–Trinajstić information content (AvgIpc) is 3.18. The molecule has 0 unspecified atom stereocenters. The minimum atomic E-state index is -3.34. The molecule has 6 heteroatoms. The highest BCUT2D eigenvalue weighted by molar-refractivity contribution is 7.92. The van der Waals surface area contributed by atoms with Crippen molar-refractivity contribution in [2.45, 2.75) is 71.0 Å². The van der Waals surface area contributed by atoms with Gasteiger partial charge in [-0.3, -0.25) is 0 Å². The smallest absolute Gasteiger partial charge is 0.185 e. The molecule has 1 aliphatic heterocycles. The van der Waals surface area contributed by atoms with Crippen LogP contribution >= 0.6 is 11.3 Å². The highest BCUT2D eigenvalue weighted by Gasteiger charge is 2.34. The van der Waals surface area contributed by atoms with Crippen LogP contribution in [0.5, 0.6) is 0 Å². The summed E-state index contributed by atoms with van der Waals surface area (Å²) in [4.78, 5) is 7.70. The summed E-state index contributed by atoms with van der Waals surface area (Å²) < 4.78 is 26.9. The average molecular weight is 483 g/mol. The second kappa shape index (κ2) is 9.22. The van der Waals surface area contributed by atoms with E-state index in [1.165, 1.54) is 22.3 Å². The Morgan fingerprint density at radius 2 is 1.39 bits per heavy atom. The number of thiazole rings is 1. The molecular weight excluding hydrogens is 448 g/mol. The molecule has 0 aliphatic carbocycles. The number of rotatable bonds is 5. The molecule has 2 aromatic carbocycles. The maximum atomic E-state index is 13.4. The summed E-state index contributed by atoms with van der Waals surface area (Å²) in [6.07, 6.45) is 2.12. The normalized spacial score (nSPS) is 15.3. The first-order valence-electron chi connectivity index (χ1n) is 11.6. The molecule has 0 saturated carbocycles. The zero-order chi connectivity index (χ0) is 23.9. The van der Waals surface area contributed by atoms with Crippen LogP contribution in [0.15, 0.2) is 34.5 Å². The highest BCUT2D eigenvalue weighted by atomic mass is 32.2. The Bertz CT molecular complexity index is 1240. The maximum absolute atomic E-state index is 13.4. The van der Waals surface area contributed by atoms with Crippen molar-refractivity contribution >= 4 is 26.3 Å². The predicted molar refractivity (Wildman–Crippen MR) is 139 cm³/mol. The van der Waals surface area contributed by atoms with Crippen LogP contribution in [0, 0.1) is 41.5 Å². The summed E-state index contributed by atoms with van der Waals surface area (Å²) >= 11 is 1.67. The van der Waals surface area contributed by atoms with Crippen molar-refractivity contribution in [3.05, 3.63) is 74.3 Å². The minimum Gasteiger partial charge on any atom is -0.348 e. The van der Waals surface area contributed by atoms with Crippen molar-refractivity contribution in [3.63, 3.8) is 0 Å². The molecule has 0 radical (unpaired) electrons. The number of hydrogen-bond donors (Lipinski definition) is 0. The molecule has 1 fully saturated rings. The van der Waals surface area contributed by atoms with Crippen LogP contribution in [0.2, 0.25) is 0 Å². The molecule has 33 heavy (non-hydrogen) atoms. The van der Waals surface area contributed by atoms with E-state index in [9.17, 15) is 8.42 Å². The van der Waals surface area contributed by atoms with E-state index >= 15 is 0 Å². The SMILES string of the molecule is Cc1cc(C)c(Cc2csc(N3CCC(S(=O)(=O)c4c(C)cc(C)cc4C)CC3)n2)c(C)c1. The molecule has 0 atom stereocenters. The fraction of sp³-hybridized carbons (Fsp3) is 0.444. The van der Waals surface area contributed by atoms with Crippen LogP contribution in [-0.2, 0) is 16.3 Å². The summed E-state index contributed by atoms with van der Waals surface area (Å²) in [6.45, 7) is 13.8. The lowest BCUT2D eigenvalue weighted by atomic mass is 9.96. The topological polar surface area (TPSA) is 50.3 Å². The number of nitrogens with zero attached hydrogens (tertiary/aromatic N) is 2. The lowest BCUT2D eigenvalue weighted by Crippen LogP contribution is -2.39. The number of anilines is 1. The second-order valence-corrected chi connectivity index (χ2v) is 12.6. The van der Waals surface area contributed by atoms with Crippen molar-refractivity contribution in [2.24, 2.45) is 0 Å². The number of hydrogen-bond acceptors (Lipinski definition) is 5. The Hall–Kier alpha value is -2.18. The van der Waals surface area contributed by atoms with Gasteiger partial charge in [0.2, 0.25) is 0 Å². The number of sulfone groups is 1. The lowest BCUT2D eigenvalue weighted by molar-refractivity contribution is 0.528. The standard InChI is InChI=1S/C27H34N2O2S2/c1-17-11-19(3)25(20(4)12-17)15-23-16-32-27(28-23)29-9-7-24(8-10-29)33(30,31)26-21(5)13-18(2)14-22(26)6/h11-14,16,24H,7-10,15H2,1-6H3. The van der Waals surface area contributed by atoms with Crippen molar-refractivity contribution in [3.8, 4) is 0 Å². The third-order valence-corrected chi connectivity index (χ3v) is 10.3. The maximum Gasteiger partial charge on any atom is 0.185 e. The van der Waals surface area contributed by atoms with Crippen LogP contribution < -0.4 is 4.90 Å². The molecule has 0 bridgehead atoms. The summed E-state index contributed by atoms with van der Waals surface area (Å²) in [5.74, 6) is 0. The molecule has 0 amide bonds. The molecule has 3 aromatic rings. The molecule has 0 spiro atoms. The molecule has 1 aliphatic rings. The monoisotopic (exact) mass is 482 g/mol. The first-order chi connectivity index (χ1) is 15.6. The van der Waals surface area contributed by atoms with E-state index in [1.807, 2.05) is 32.9 Å². The molecule has 1 saturated heterocycles. The summed E-state index contributed by atoms with van der Waals surface area (Å²) in [5, 5.41) is 2.83. The first-order valence-corrected chi connectivity index (χ1v) is 14.1. The fourth-order valence-corrected chi connectivity index (χ4v) is 8.39. The van der Waals surface area contributed by atoms with Gasteiger partial charge in [-0.2, -0.15) is 0 Å². The molecule has 4 nitrogen and oxygen atoms in total. The van der Waals surface area contributed by atoms with Crippen LogP contribution in [0.1, 0.15) is 57.5 Å². The summed E-state index contributed by atoms with van der Waals surface area (Å²) in [5.41, 5.74) is 9.19. The van der Waals surface area contributed by atoms with Crippen molar-refractivity contribution < 1.29 is 8.42 Å². The Kier molecular flexibility index (Phi) is 6.70. The van der Waals surface area contributed by atoms with E-state index in [1.54, 1.807) is 11.3 Å². The second-order valence-electron chi connectivity index (χ2n) is 9.63. The van der Waals surface area contributed by atoms with Gasteiger partial charge in [0.05, 0.1) is 15.8 Å². The summed E-state index contributed by atoms with van der Waals surface area (Å²) in [6, 6.07) is 8.42. The van der Waals surface area contributed by atoms with Crippen molar-refractivity contribution in [1.82, 2.24) is 4.98 Å². The number of benzene rings is 2.